The number of benzene rings is 2. The zero-order valence-corrected chi connectivity index (χ0v) is 46.6. The Kier molecular flexibility index (Phi) is 34.5. The number of esters is 2. The van der Waals surface area contributed by atoms with E-state index >= 15 is 0 Å². The summed E-state index contributed by atoms with van der Waals surface area (Å²) in [5.74, 6) is 0.469. The number of carbonyl (C=O) groups is 2. The summed E-state index contributed by atoms with van der Waals surface area (Å²) in [6, 6.07) is 22.2. The Bertz CT molecular complexity index is 1460. The molecule has 0 radical (unpaired) electrons. The van der Waals surface area contributed by atoms with Crippen LogP contribution in [-0.4, -0.2) is 52.2 Å². The summed E-state index contributed by atoms with van der Waals surface area (Å²) >= 11 is 0. The standard InChI is InChI=1S/C62H107NO5Si/c1-6-8-10-12-21-27-41-55(40-26-11-9-7-2)54-66-60(64)50-36-34-42-56(43-35-37-51-61(65)68-57-44-28-22-19-17-15-13-14-16-18-20-23-29-45-57)63-52-38-39-53-67-69(62(3,4)5,58-46-30-24-31-47-58)59-48-32-25-33-49-59/h24-25,30-33,46-49,55-57,63H,6-23,26-29,34-45,50-54H2,1-5H3. The minimum Gasteiger partial charge on any atom is -0.465 e. The fourth-order valence-electron chi connectivity index (χ4n) is 10.9. The molecule has 0 saturated heterocycles. The number of hydrogen-bond acceptors (Lipinski definition) is 6. The number of nitrogens with one attached hydrogen (secondary N) is 1. The van der Waals surface area contributed by atoms with Crippen molar-refractivity contribution in [1.29, 1.82) is 0 Å². The minimum atomic E-state index is -2.56. The van der Waals surface area contributed by atoms with Gasteiger partial charge in [0.1, 0.15) is 6.10 Å². The van der Waals surface area contributed by atoms with E-state index in [0.717, 1.165) is 77.4 Å². The SMILES string of the molecule is CCCCCCCCC(CCCCCC)COC(=O)CCCCC(CCCCC(=O)OC1CCCCCCCCCCCCCC1)NCCCCO[Si](c1ccccc1)(c1ccccc1)C(C)(C)C. The van der Waals surface area contributed by atoms with Crippen molar-refractivity contribution in [1.82, 2.24) is 5.32 Å². The van der Waals surface area contributed by atoms with Crippen LogP contribution in [-0.2, 0) is 23.5 Å². The highest BCUT2D eigenvalue weighted by Crippen LogP contribution is 2.37. The topological polar surface area (TPSA) is 73.9 Å². The highest BCUT2D eigenvalue weighted by atomic mass is 28.4. The Labute approximate surface area is 426 Å². The molecular formula is C62H107NO5Si. The molecule has 2 aromatic rings. The van der Waals surface area contributed by atoms with Gasteiger partial charge in [0.05, 0.1) is 6.61 Å². The smallest absolute Gasteiger partial charge is 0.306 e. The third kappa shape index (κ3) is 27.2. The zero-order valence-electron chi connectivity index (χ0n) is 45.6. The predicted molar refractivity (Wildman–Crippen MR) is 297 cm³/mol. The number of hydrogen-bond donors (Lipinski definition) is 1. The van der Waals surface area contributed by atoms with E-state index in [9.17, 15) is 9.59 Å². The Balaban J connectivity index is 1.52. The van der Waals surface area contributed by atoms with Gasteiger partial charge in [-0.25, -0.2) is 0 Å². The first-order chi connectivity index (χ1) is 33.7. The van der Waals surface area contributed by atoms with Gasteiger partial charge in [-0.1, -0.05) is 237 Å². The molecule has 2 atom stereocenters. The van der Waals surface area contributed by atoms with E-state index in [2.05, 4.69) is 101 Å². The molecule has 6 nitrogen and oxygen atoms in total. The van der Waals surface area contributed by atoms with Crippen molar-refractivity contribution in [3.8, 4) is 0 Å². The summed E-state index contributed by atoms with van der Waals surface area (Å²) in [5.41, 5.74) is 0. The third-order valence-corrected chi connectivity index (χ3v) is 20.2. The second-order valence-electron chi connectivity index (χ2n) is 22.2. The van der Waals surface area contributed by atoms with Crippen LogP contribution in [0.2, 0.25) is 5.04 Å². The van der Waals surface area contributed by atoms with E-state index in [0.29, 0.717) is 31.4 Å². The van der Waals surface area contributed by atoms with Crippen LogP contribution in [0.3, 0.4) is 0 Å². The maximum absolute atomic E-state index is 13.2. The average molecular weight is 975 g/mol. The summed E-state index contributed by atoms with van der Waals surface area (Å²) in [6.07, 6.45) is 41.9. The molecule has 0 aliphatic heterocycles. The first-order valence-corrected chi connectivity index (χ1v) is 31.4. The molecule has 3 rings (SSSR count). The summed E-state index contributed by atoms with van der Waals surface area (Å²) in [7, 11) is -2.56. The van der Waals surface area contributed by atoms with Crippen LogP contribution < -0.4 is 15.7 Å². The van der Waals surface area contributed by atoms with Crippen molar-refractivity contribution in [3.05, 3.63) is 60.7 Å². The molecule has 2 unspecified atom stereocenters. The van der Waals surface area contributed by atoms with E-state index < -0.39 is 8.32 Å². The lowest BCUT2D eigenvalue weighted by Gasteiger charge is -2.43. The predicted octanol–water partition coefficient (Wildman–Crippen LogP) is 16.7. The van der Waals surface area contributed by atoms with E-state index in [4.69, 9.17) is 13.9 Å². The lowest BCUT2D eigenvalue weighted by molar-refractivity contribution is -0.150. The van der Waals surface area contributed by atoms with Crippen molar-refractivity contribution < 1.29 is 23.5 Å². The van der Waals surface area contributed by atoms with Crippen LogP contribution in [0.5, 0.6) is 0 Å². The van der Waals surface area contributed by atoms with Crippen molar-refractivity contribution in [3.63, 3.8) is 0 Å². The second-order valence-corrected chi connectivity index (χ2v) is 26.6. The Hall–Kier alpha value is -2.48. The molecule has 1 N–H and O–H groups in total. The molecule has 394 valence electrons. The maximum Gasteiger partial charge on any atom is 0.306 e. The highest BCUT2D eigenvalue weighted by Gasteiger charge is 2.50. The molecule has 0 aromatic heterocycles. The Morgan fingerprint density at radius 1 is 0.551 bits per heavy atom. The van der Waals surface area contributed by atoms with Gasteiger partial charge in [0.25, 0.3) is 8.32 Å². The van der Waals surface area contributed by atoms with E-state index in [1.165, 1.54) is 164 Å². The van der Waals surface area contributed by atoms with Crippen molar-refractivity contribution in [2.45, 2.75) is 283 Å². The van der Waals surface area contributed by atoms with Gasteiger partial charge in [-0.05, 0) is 105 Å². The highest BCUT2D eigenvalue weighted by molar-refractivity contribution is 6.99. The average Bonchev–Trinajstić information content (AvgIpc) is 3.36. The number of ether oxygens (including phenoxy) is 2. The van der Waals surface area contributed by atoms with Crippen LogP contribution in [0.15, 0.2) is 60.7 Å². The van der Waals surface area contributed by atoms with Crippen molar-refractivity contribution >= 4 is 30.6 Å². The minimum absolute atomic E-state index is 0.00278. The molecule has 2 aromatic carbocycles. The lowest BCUT2D eigenvalue weighted by atomic mass is 9.95. The second kappa shape index (κ2) is 39.1. The Morgan fingerprint density at radius 2 is 1.00 bits per heavy atom. The first kappa shape index (κ1) is 60.8. The molecular weight excluding hydrogens is 867 g/mol. The Morgan fingerprint density at radius 3 is 1.51 bits per heavy atom. The van der Waals surface area contributed by atoms with Gasteiger partial charge in [0.2, 0.25) is 0 Å². The molecule has 0 amide bonds. The molecule has 1 saturated carbocycles. The fraction of sp³-hybridized carbons (Fsp3) is 0.774. The van der Waals surface area contributed by atoms with Gasteiger partial charge in [-0.2, -0.15) is 0 Å². The van der Waals surface area contributed by atoms with Crippen molar-refractivity contribution in [2.75, 3.05) is 19.8 Å². The third-order valence-electron chi connectivity index (χ3n) is 15.1. The molecule has 1 aliphatic rings. The first-order valence-electron chi connectivity index (χ1n) is 29.5. The summed E-state index contributed by atoms with van der Waals surface area (Å²) in [5, 5.41) is 6.54. The molecule has 1 aliphatic carbocycles. The largest absolute Gasteiger partial charge is 0.465 e. The fourth-order valence-corrected chi connectivity index (χ4v) is 15.5. The monoisotopic (exact) mass is 974 g/mol. The number of carbonyl (C=O) groups excluding carboxylic acids is 2. The van der Waals surface area contributed by atoms with E-state index in [1.807, 2.05) is 0 Å². The molecule has 0 bridgehead atoms. The van der Waals surface area contributed by atoms with Crippen molar-refractivity contribution in [2.24, 2.45) is 5.92 Å². The van der Waals surface area contributed by atoms with Gasteiger partial charge in [-0.15, -0.1) is 0 Å². The van der Waals surface area contributed by atoms with Crippen LogP contribution in [0.4, 0.5) is 0 Å². The normalized spacial score (nSPS) is 16.0. The van der Waals surface area contributed by atoms with Gasteiger partial charge < -0.3 is 19.2 Å². The number of unbranched alkanes of at least 4 members (excludes halogenated alkanes) is 11. The summed E-state index contributed by atoms with van der Waals surface area (Å²) in [4.78, 5) is 26.3. The summed E-state index contributed by atoms with van der Waals surface area (Å²) < 4.78 is 19.4. The van der Waals surface area contributed by atoms with Gasteiger partial charge in [0.15, 0.2) is 0 Å². The molecule has 0 spiro atoms. The van der Waals surface area contributed by atoms with Crippen LogP contribution in [0.1, 0.15) is 266 Å². The van der Waals surface area contributed by atoms with E-state index in [1.54, 1.807) is 0 Å². The summed E-state index contributed by atoms with van der Waals surface area (Å²) in [6.45, 7) is 13.8. The van der Waals surface area contributed by atoms with Crippen LogP contribution in [0.25, 0.3) is 0 Å². The lowest BCUT2D eigenvalue weighted by Crippen LogP contribution is -2.66. The van der Waals surface area contributed by atoms with Gasteiger partial charge >= 0.3 is 11.9 Å². The maximum atomic E-state index is 13.2. The van der Waals surface area contributed by atoms with Crippen LogP contribution in [0, 0.1) is 5.92 Å². The molecule has 1 fully saturated rings. The van der Waals surface area contributed by atoms with E-state index in [-0.39, 0.29) is 23.1 Å². The molecule has 69 heavy (non-hydrogen) atoms. The number of rotatable bonds is 34. The molecule has 0 heterocycles. The van der Waals surface area contributed by atoms with Crippen LogP contribution >= 0.6 is 0 Å². The zero-order chi connectivity index (χ0) is 49.5. The van der Waals surface area contributed by atoms with Gasteiger partial charge in [-0.3, -0.25) is 9.59 Å². The van der Waals surface area contributed by atoms with Gasteiger partial charge in [0, 0.05) is 25.5 Å². The quantitative estimate of drug-likeness (QED) is 0.0428. The molecule has 7 heteroatoms.